The van der Waals surface area contributed by atoms with E-state index in [9.17, 15) is 4.79 Å². The topological polar surface area (TPSA) is 70.2 Å². The number of nitrogens with zero attached hydrogens (tertiary/aromatic N) is 3. The van der Waals surface area contributed by atoms with E-state index < -0.39 is 0 Å². The lowest BCUT2D eigenvalue weighted by molar-refractivity contribution is 0.393. The highest BCUT2D eigenvalue weighted by atomic mass is 16.5. The molecule has 136 valence electrons. The molecule has 0 atom stereocenters. The van der Waals surface area contributed by atoms with Gasteiger partial charge in [0, 0.05) is 23.9 Å². The van der Waals surface area contributed by atoms with E-state index in [-0.39, 0.29) is 5.56 Å². The number of aromatic nitrogens is 3. The van der Waals surface area contributed by atoms with Crippen LogP contribution in [0.15, 0.2) is 58.0 Å². The van der Waals surface area contributed by atoms with E-state index in [1.54, 1.807) is 23.9 Å². The van der Waals surface area contributed by atoms with Crippen LogP contribution in [-0.2, 0) is 6.54 Å². The molecule has 0 aliphatic heterocycles. The van der Waals surface area contributed by atoms with E-state index in [4.69, 9.17) is 9.26 Å². The van der Waals surface area contributed by atoms with Gasteiger partial charge in [0.05, 0.1) is 36.1 Å². The van der Waals surface area contributed by atoms with Crippen LogP contribution in [0.25, 0.3) is 22.0 Å². The number of methoxy groups -OCH3 is 1. The van der Waals surface area contributed by atoms with Gasteiger partial charge in [0.1, 0.15) is 11.5 Å². The Morgan fingerprint density at radius 3 is 2.67 bits per heavy atom. The van der Waals surface area contributed by atoms with Crippen molar-refractivity contribution in [1.29, 1.82) is 0 Å². The van der Waals surface area contributed by atoms with Crippen molar-refractivity contribution >= 4 is 10.9 Å². The van der Waals surface area contributed by atoms with E-state index in [1.165, 1.54) is 0 Å². The first-order valence-corrected chi connectivity index (χ1v) is 8.63. The first kappa shape index (κ1) is 17.0. The Morgan fingerprint density at radius 1 is 1.15 bits per heavy atom. The zero-order valence-corrected chi connectivity index (χ0v) is 15.4. The van der Waals surface area contributed by atoms with Crippen molar-refractivity contribution in [3.63, 3.8) is 0 Å². The Labute approximate surface area is 156 Å². The van der Waals surface area contributed by atoms with Gasteiger partial charge < -0.3 is 13.8 Å². The summed E-state index contributed by atoms with van der Waals surface area (Å²) in [6.07, 6.45) is 1.72. The predicted molar refractivity (Wildman–Crippen MR) is 103 cm³/mol. The van der Waals surface area contributed by atoms with Crippen LogP contribution >= 0.6 is 0 Å². The summed E-state index contributed by atoms with van der Waals surface area (Å²) < 4.78 is 12.7. The maximum atomic E-state index is 12.5. The third-order valence-corrected chi connectivity index (χ3v) is 4.66. The van der Waals surface area contributed by atoms with Gasteiger partial charge in [0.25, 0.3) is 5.56 Å². The molecule has 0 aliphatic rings. The smallest absolute Gasteiger partial charge is 0.251 e. The second kappa shape index (κ2) is 6.72. The molecule has 0 saturated heterocycles. The molecule has 3 aromatic heterocycles. The Morgan fingerprint density at radius 2 is 2.00 bits per heavy atom. The Balaban J connectivity index is 1.94. The fourth-order valence-electron chi connectivity index (χ4n) is 3.37. The lowest BCUT2D eigenvalue weighted by atomic mass is 10.0. The molecule has 0 radical (unpaired) electrons. The van der Waals surface area contributed by atoms with Gasteiger partial charge in [-0.15, -0.1) is 0 Å². The lowest BCUT2D eigenvalue weighted by Crippen LogP contribution is -2.20. The molecule has 0 unspecified atom stereocenters. The molecule has 3 heterocycles. The summed E-state index contributed by atoms with van der Waals surface area (Å²) in [5.74, 6) is 1.39. The quantitative estimate of drug-likeness (QED) is 0.554. The van der Waals surface area contributed by atoms with E-state index in [2.05, 4.69) is 10.1 Å². The van der Waals surface area contributed by atoms with Crippen molar-refractivity contribution in [3.8, 4) is 16.9 Å². The number of aryl methyl sites for hydroxylation is 2. The highest BCUT2D eigenvalue weighted by Crippen LogP contribution is 2.37. The third kappa shape index (κ3) is 2.99. The largest absolute Gasteiger partial charge is 0.496 e. The van der Waals surface area contributed by atoms with Crippen LogP contribution in [0, 0.1) is 13.8 Å². The first-order valence-electron chi connectivity index (χ1n) is 8.63. The van der Waals surface area contributed by atoms with Gasteiger partial charge in [0.2, 0.25) is 0 Å². The zero-order valence-electron chi connectivity index (χ0n) is 15.4. The van der Waals surface area contributed by atoms with Crippen molar-refractivity contribution < 1.29 is 9.26 Å². The fraction of sp³-hybridized carbons (Fsp3) is 0.190. The van der Waals surface area contributed by atoms with Crippen LogP contribution in [0.2, 0.25) is 0 Å². The molecule has 0 N–H and O–H groups in total. The van der Waals surface area contributed by atoms with E-state index in [0.29, 0.717) is 12.3 Å². The summed E-state index contributed by atoms with van der Waals surface area (Å²) >= 11 is 0. The number of ether oxygens (including phenoxy) is 1. The van der Waals surface area contributed by atoms with Gasteiger partial charge in [0.15, 0.2) is 0 Å². The normalized spacial score (nSPS) is 11.1. The minimum atomic E-state index is -0.0831. The summed E-state index contributed by atoms with van der Waals surface area (Å²) in [6, 6.07) is 13.0. The van der Waals surface area contributed by atoms with Crippen molar-refractivity contribution in [3.05, 3.63) is 76.2 Å². The molecule has 0 bridgehead atoms. The summed E-state index contributed by atoms with van der Waals surface area (Å²) in [7, 11) is 1.62. The van der Waals surface area contributed by atoms with E-state index in [1.807, 2.05) is 50.2 Å². The molecule has 0 saturated carbocycles. The number of fused-ring (bicyclic) bond motifs is 1. The summed E-state index contributed by atoms with van der Waals surface area (Å²) in [5.41, 5.74) is 4.13. The molecular formula is C21H19N3O3. The second-order valence-corrected chi connectivity index (χ2v) is 6.39. The number of rotatable bonds is 4. The van der Waals surface area contributed by atoms with Gasteiger partial charge in [-0.05, 0) is 43.5 Å². The van der Waals surface area contributed by atoms with Gasteiger partial charge >= 0.3 is 0 Å². The maximum absolute atomic E-state index is 12.5. The molecule has 4 aromatic rings. The Hall–Kier alpha value is -3.41. The summed E-state index contributed by atoms with van der Waals surface area (Å²) in [4.78, 5) is 16.9. The molecular weight excluding hydrogens is 342 g/mol. The Kier molecular flexibility index (Phi) is 4.24. The molecule has 0 amide bonds. The van der Waals surface area contributed by atoms with Crippen LogP contribution in [0.5, 0.6) is 5.75 Å². The molecule has 4 rings (SSSR count). The first-order chi connectivity index (χ1) is 13.1. The van der Waals surface area contributed by atoms with E-state index in [0.717, 1.165) is 39.2 Å². The van der Waals surface area contributed by atoms with Gasteiger partial charge in [-0.2, -0.15) is 0 Å². The summed E-state index contributed by atoms with van der Waals surface area (Å²) in [6.45, 7) is 4.17. The standard InChI is InChI=1S/C21H19N3O3/c1-13-21(14(2)27-23-13)17-10-15-7-8-20(25)24(18(15)11-19(17)26-3)12-16-6-4-5-9-22-16/h4-11H,12H2,1-3H3. The maximum Gasteiger partial charge on any atom is 0.251 e. The van der Waals surface area contributed by atoms with Crippen LogP contribution in [0.4, 0.5) is 0 Å². The highest BCUT2D eigenvalue weighted by Gasteiger charge is 2.18. The Bertz CT molecular complexity index is 1160. The summed E-state index contributed by atoms with van der Waals surface area (Å²) in [5, 5.41) is 4.97. The van der Waals surface area contributed by atoms with Crippen LogP contribution in [-0.4, -0.2) is 21.8 Å². The van der Waals surface area contributed by atoms with Crippen molar-refractivity contribution in [2.45, 2.75) is 20.4 Å². The zero-order chi connectivity index (χ0) is 19.0. The van der Waals surface area contributed by atoms with Gasteiger partial charge in [-0.3, -0.25) is 9.78 Å². The number of pyridine rings is 2. The lowest BCUT2D eigenvalue weighted by Gasteiger charge is -2.14. The SMILES string of the molecule is COc1cc2c(ccc(=O)n2Cc2ccccn2)cc1-c1c(C)noc1C. The molecule has 6 nitrogen and oxygen atoms in total. The number of hydrogen-bond donors (Lipinski definition) is 0. The minimum absolute atomic E-state index is 0.0831. The van der Waals surface area contributed by atoms with Crippen LogP contribution < -0.4 is 10.3 Å². The van der Waals surface area contributed by atoms with Gasteiger partial charge in [-0.1, -0.05) is 11.2 Å². The fourth-order valence-corrected chi connectivity index (χ4v) is 3.37. The number of hydrogen-bond acceptors (Lipinski definition) is 5. The molecule has 0 fully saturated rings. The minimum Gasteiger partial charge on any atom is -0.496 e. The van der Waals surface area contributed by atoms with Crippen molar-refractivity contribution in [2.75, 3.05) is 7.11 Å². The molecule has 6 heteroatoms. The average Bonchev–Trinajstić information content (AvgIpc) is 3.02. The van der Waals surface area contributed by atoms with Gasteiger partial charge in [-0.25, -0.2) is 0 Å². The van der Waals surface area contributed by atoms with Crippen molar-refractivity contribution in [1.82, 2.24) is 14.7 Å². The third-order valence-electron chi connectivity index (χ3n) is 4.66. The second-order valence-electron chi connectivity index (χ2n) is 6.39. The van der Waals surface area contributed by atoms with Crippen molar-refractivity contribution in [2.24, 2.45) is 0 Å². The number of benzene rings is 1. The van der Waals surface area contributed by atoms with Crippen LogP contribution in [0.3, 0.4) is 0 Å². The molecule has 27 heavy (non-hydrogen) atoms. The highest BCUT2D eigenvalue weighted by molar-refractivity contribution is 5.89. The molecule has 1 aromatic carbocycles. The predicted octanol–water partition coefficient (Wildman–Crippen LogP) is 3.73. The monoisotopic (exact) mass is 361 g/mol. The molecule has 0 spiro atoms. The molecule has 0 aliphatic carbocycles. The average molecular weight is 361 g/mol. The van der Waals surface area contributed by atoms with E-state index >= 15 is 0 Å². The van der Waals surface area contributed by atoms with Crippen LogP contribution in [0.1, 0.15) is 17.1 Å².